The lowest BCUT2D eigenvalue weighted by Crippen LogP contribution is -2.37. The molecule has 1 saturated carbocycles. The number of halogens is 1. The van der Waals surface area contributed by atoms with Crippen LogP contribution in [0.25, 0.3) is 0 Å². The van der Waals surface area contributed by atoms with Gasteiger partial charge in [-0.05, 0) is 43.7 Å². The molecule has 4 heteroatoms. The van der Waals surface area contributed by atoms with Gasteiger partial charge >= 0.3 is 0 Å². The Morgan fingerprint density at radius 3 is 2.67 bits per heavy atom. The molecule has 0 radical (unpaired) electrons. The molecule has 3 nitrogen and oxygen atoms in total. The maximum Gasteiger partial charge on any atom is 0.253 e. The predicted molar refractivity (Wildman–Crippen MR) is 74.8 cm³/mol. The lowest BCUT2D eigenvalue weighted by atomic mass is 9.87. The molecule has 0 bridgehead atoms. The normalized spacial score (nSPS) is 23.7. The molecule has 1 fully saturated rings. The van der Waals surface area contributed by atoms with Crippen molar-refractivity contribution < 1.29 is 4.79 Å². The van der Waals surface area contributed by atoms with E-state index in [1.807, 2.05) is 0 Å². The van der Waals surface area contributed by atoms with Crippen molar-refractivity contribution in [3.8, 4) is 0 Å². The molecule has 0 atom stereocenters. The van der Waals surface area contributed by atoms with E-state index in [1.165, 1.54) is 12.8 Å². The largest absolute Gasteiger partial charge is 0.398 e. The van der Waals surface area contributed by atoms with E-state index in [0.29, 0.717) is 16.3 Å². The third kappa shape index (κ3) is 2.96. The van der Waals surface area contributed by atoms with Crippen molar-refractivity contribution in [3.63, 3.8) is 0 Å². The summed E-state index contributed by atoms with van der Waals surface area (Å²) < 4.78 is 0. The molecular weight excluding hydrogens is 248 g/mol. The molecule has 0 saturated heterocycles. The lowest BCUT2D eigenvalue weighted by Gasteiger charge is -2.27. The summed E-state index contributed by atoms with van der Waals surface area (Å²) in [7, 11) is 0. The second-order valence-electron chi connectivity index (χ2n) is 5.14. The maximum absolute atomic E-state index is 12.1. The summed E-state index contributed by atoms with van der Waals surface area (Å²) in [6.45, 7) is 2.26. The van der Waals surface area contributed by atoms with Gasteiger partial charge < -0.3 is 11.1 Å². The number of nitrogens with two attached hydrogens (primary N) is 1. The van der Waals surface area contributed by atoms with Crippen LogP contribution in [0.1, 0.15) is 43.0 Å². The van der Waals surface area contributed by atoms with Crippen LogP contribution in [-0.4, -0.2) is 11.9 Å². The fraction of sp³-hybridized carbons (Fsp3) is 0.500. The van der Waals surface area contributed by atoms with Crippen LogP contribution < -0.4 is 11.1 Å². The monoisotopic (exact) mass is 266 g/mol. The van der Waals surface area contributed by atoms with Crippen molar-refractivity contribution in [3.05, 3.63) is 28.8 Å². The quantitative estimate of drug-likeness (QED) is 0.808. The van der Waals surface area contributed by atoms with Crippen LogP contribution in [0.15, 0.2) is 18.2 Å². The molecule has 1 amide bonds. The van der Waals surface area contributed by atoms with Crippen molar-refractivity contribution in [2.24, 2.45) is 5.92 Å². The maximum atomic E-state index is 12.1. The molecule has 18 heavy (non-hydrogen) atoms. The number of nitrogens with one attached hydrogen (secondary N) is 1. The molecule has 1 aliphatic carbocycles. The average Bonchev–Trinajstić information content (AvgIpc) is 2.35. The van der Waals surface area contributed by atoms with Gasteiger partial charge in [0, 0.05) is 6.04 Å². The van der Waals surface area contributed by atoms with Gasteiger partial charge in [-0.1, -0.05) is 24.6 Å². The lowest BCUT2D eigenvalue weighted by molar-refractivity contribution is 0.0923. The van der Waals surface area contributed by atoms with Crippen LogP contribution in [0.4, 0.5) is 5.69 Å². The van der Waals surface area contributed by atoms with E-state index in [9.17, 15) is 4.79 Å². The number of rotatable bonds is 2. The number of carbonyl (C=O) groups excluding carboxylic acids is 1. The summed E-state index contributed by atoms with van der Waals surface area (Å²) >= 11 is 6.04. The zero-order valence-electron chi connectivity index (χ0n) is 10.6. The van der Waals surface area contributed by atoms with Gasteiger partial charge in [0.2, 0.25) is 0 Å². The molecule has 98 valence electrons. The van der Waals surface area contributed by atoms with Gasteiger partial charge in [-0.2, -0.15) is 0 Å². The topological polar surface area (TPSA) is 55.1 Å². The predicted octanol–water partition coefficient (Wildman–Crippen LogP) is 3.23. The van der Waals surface area contributed by atoms with Crippen molar-refractivity contribution in [1.29, 1.82) is 0 Å². The summed E-state index contributed by atoms with van der Waals surface area (Å²) in [5, 5.41) is 3.39. The number of hydrogen-bond acceptors (Lipinski definition) is 2. The van der Waals surface area contributed by atoms with Crippen molar-refractivity contribution >= 4 is 23.2 Å². The van der Waals surface area contributed by atoms with Gasteiger partial charge in [0.05, 0.1) is 16.3 Å². The SMILES string of the molecule is CC1CCC(NC(=O)c2cccc(N)c2Cl)CC1. The fourth-order valence-electron chi connectivity index (χ4n) is 2.39. The van der Waals surface area contributed by atoms with Crippen LogP contribution in [-0.2, 0) is 0 Å². The molecular formula is C14H19ClN2O. The van der Waals surface area contributed by atoms with Crippen LogP contribution in [0.2, 0.25) is 5.02 Å². The Balaban J connectivity index is 2.01. The van der Waals surface area contributed by atoms with Crippen LogP contribution >= 0.6 is 11.6 Å². The van der Waals surface area contributed by atoms with Gasteiger partial charge in [-0.25, -0.2) is 0 Å². The minimum absolute atomic E-state index is 0.119. The molecule has 0 aliphatic heterocycles. The average molecular weight is 267 g/mol. The molecule has 3 N–H and O–H groups in total. The number of carbonyl (C=O) groups is 1. The standard InChI is InChI=1S/C14H19ClN2O/c1-9-5-7-10(8-6-9)17-14(18)11-3-2-4-12(16)13(11)15/h2-4,9-10H,5-8,16H2,1H3,(H,17,18). The summed E-state index contributed by atoms with van der Waals surface area (Å²) in [4.78, 5) is 12.1. The zero-order chi connectivity index (χ0) is 13.1. The third-order valence-corrected chi connectivity index (χ3v) is 4.05. The first-order valence-corrected chi connectivity index (χ1v) is 6.80. The van der Waals surface area contributed by atoms with E-state index in [4.69, 9.17) is 17.3 Å². The Bertz CT molecular complexity index is 439. The van der Waals surface area contributed by atoms with Crippen LogP contribution in [0.3, 0.4) is 0 Å². The summed E-state index contributed by atoms with van der Waals surface area (Å²) in [6, 6.07) is 5.42. The minimum Gasteiger partial charge on any atom is -0.398 e. The third-order valence-electron chi connectivity index (χ3n) is 3.62. The molecule has 0 aromatic heterocycles. The number of benzene rings is 1. The van der Waals surface area contributed by atoms with Gasteiger partial charge in [0.25, 0.3) is 5.91 Å². The highest BCUT2D eigenvalue weighted by Gasteiger charge is 2.21. The highest BCUT2D eigenvalue weighted by Crippen LogP contribution is 2.26. The molecule has 0 spiro atoms. The first-order chi connectivity index (χ1) is 8.58. The molecule has 1 aliphatic rings. The highest BCUT2D eigenvalue weighted by atomic mass is 35.5. The van der Waals surface area contributed by atoms with E-state index >= 15 is 0 Å². The second-order valence-corrected chi connectivity index (χ2v) is 5.52. The van der Waals surface area contributed by atoms with Crippen molar-refractivity contribution in [2.45, 2.75) is 38.6 Å². The van der Waals surface area contributed by atoms with E-state index in [-0.39, 0.29) is 11.9 Å². The van der Waals surface area contributed by atoms with Crippen molar-refractivity contribution in [2.75, 3.05) is 5.73 Å². The molecule has 0 unspecified atom stereocenters. The van der Waals surface area contributed by atoms with Gasteiger partial charge in [0.15, 0.2) is 0 Å². The Hall–Kier alpha value is -1.22. The van der Waals surface area contributed by atoms with E-state index in [2.05, 4.69) is 12.2 Å². The number of hydrogen-bond donors (Lipinski definition) is 2. The van der Waals surface area contributed by atoms with Crippen molar-refractivity contribution in [1.82, 2.24) is 5.32 Å². The molecule has 2 rings (SSSR count). The summed E-state index contributed by atoms with van der Waals surface area (Å²) in [5.41, 5.74) is 6.61. The smallest absolute Gasteiger partial charge is 0.253 e. The first kappa shape index (κ1) is 13.2. The van der Waals surface area contributed by atoms with E-state index in [0.717, 1.165) is 18.8 Å². The van der Waals surface area contributed by atoms with Crippen LogP contribution in [0, 0.1) is 5.92 Å². The number of amides is 1. The Kier molecular flexibility index (Phi) is 4.12. The highest BCUT2D eigenvalue weighted by molar-refractivity contribution is 6.36. The number of nitrogen functional groups attached to an aromatic ring is 1. The summed E-state index contributed by atoms with van der Waals surface area (Å²) in [5.74, 6) is 0.654. The molecule has 1 aromatic rings. The second kappa shape index (κ2) is 5.61. The van der Waals surface area contributed by atoms with Gasteiger partial charge in [-0.15, -0.1) is 0 Å². The molecule has 0 heterocycles. The van der Waals surface area contributed by atoms with E-state index < -0.39 is 0 Å². The van der Waals surface area contributed by atoms with E-state index in [1.54, 1.807) is 18.2 Å². The van der Waals surface area contributed by atoms with Gasteiger partial charge in [0.1, 0.15) is 0 Å². The zero-order valence-corrected chi connectivity index (χ0v) is 11.3. The Labute approximate surface area is 113 Å². The number of anilines is 1. The first-order valence-electron chi connectivity index (χ1n) is 6.42. The summed E-state index contributed by atoms with van der Waals surface area (Å²) in [6.07, 6.45) is 4.45. The molecule has 1 aromatic carbocycles. The fourth-order valence-corrected chi connectivity index (χ4v) is 2.60. The Morgan fingerprint density at radius 1 is 1.33 bits per heavy atom. The van der Waals surface area contributed by atoms with Crippen LogP contribution in [0.5, 0.6) is 0 Å². The van der Waals surface area contributed by atoms with Gasteiger partial charge in [-0.3, -0.25) is 4.79 Å². The Morgan fingerprint density at radius 2 is 2.00 bits per heavy atom. The minimum atomic E-state index is -0.119.